The van der Waals surface area contributed by atoms with Gasteiger partial charge in [-0.1, -0.05) is 29.0 Å². The van der Waals surface area contributed by atoms with E-state index >= 15 is 0 Å². The summed E-state index contributed by atoms with van der Waals surface area (Å²) in [5.74, 6) is -0.190. The highest BCUT2D eigenvalue weighted by Gasteiger charge is 2.25. The van der Waals surface area contributed by atoms with Crippen LogP contribution in [0.3, 0.4) is 0 Å². The summed E-state index contributed by atoms with van der Waals surface area (Å²) in [5, 5.41) is 6.73. The molecular weight excluding hydrogens is 432 g/mol. The highest BCUT2D eigenvalue weighted by atomic mass is 32.2. The number of rotatable bonds is 3. The molecule has 0 unspecified atom stereocenters. The Balaban J connectivity index is 1.41. The van der Waals surface area contributed by atoms with Crippen LogP contribution in [0.5, 0.6) is 0 Å². The summed E-state index contributed by atoms with van der Waals surface area (Å²) in [6.45, 7) is 7.16. The number of nitrogens with one attached hydrogen (secondary N) is 2. The molecule has 0 atom stereocenters. The number of amides is 3. The van der Waals surface area contributed by atoms with Gasteiger partial charge in [0.15, 0.2) is 10.3 Å². The summed E-state index contributed by atoms with van der Waals surface area (Å²) in [6.07, 6.45) is 3.43. The molecule has 162 valence electrons. The number of thioether (sulfide) groups is 1. The Kier molecular flexibility index (Phi) is 6.40. The molecular formula is C21H24N6O2S2. The lowest BCUT2D eigenvalue weighted by Crippen LogP contribution is -2.48. The van der Waals surface area contributed by atoms with Gasteiger partial charge in [-0.3, -0.25) is 10.1 Å². The summed E-state index contributed by atoms with van der Waals surface area (Å²) < 4.78 is 0. The lowest BCUT2D eigenvalue weighted by molar-refractivity contribution is -0.115. The number of piperazine rings is 1. The van der Waals surface area contributed by atoms with Gasteiger partial charge in [0.25, 0.3) is 5.91 Å². The number of aryl methyl sites for hydroxylation is 2. The van der Waals surface area contributed by atoms with Crippen LogP contribution in [-0.4, -0.2) is 65.1 Å². The van der Waals surface area contributed by atoms with Crippen molar-refractivity contribution in [2.24, 2.45) is 4.99 Å². The van der Waals surface area contributed by atoms with E-state index in [2.05, 4.69) is 31.6 Å². The quantitative estimate of drug-likeness (QED) is 0.691. The van der Waals surface area contributed by atoms with Gasteiger partial charge in [0.1, 0.15) is 0 Å². The maximum atomic E-state index is 12.4. The summed E-state index contributed by atoms with van der Waals surface area (Å²) in [7, 11) is 2.05. The van der Waals surface area contributed by atoms with Crippen molar-refractivity contribution in [2.75, 3.05) is 38.5 Å². The minimum atomic E-state index is -0.190. The summed E-state index contributed by atoms with van der Waals surface area (Å²) in [6, 6.07) is 5.87. The van der Waals surface area contributed by atoms with Gasteiger partial charge in [0.2, 0.25) is 0 Å². The number of aromatic nitrogens is 1. The molecule has 2 saturated heterocycles. The molecule has 1 aromatic heterocycles. The molecule has 1 aromatic carbocycles. The predicted molar refractivity (Wildman–Crippen MR) is 127 cm³/mol. The third-order valence-corrected chi connectivity index (χ3v) is 6.80. The largest absolute Gasteiger partial charge is 0.323 e. The minimum Gasteiger partial charge on any atom is -0.322 e. The van der Waals surface area contributed by atoms with Crippen molar-refractivity contribution in [2.45, 2.75) is 13.8 Å². The number of nitrogens with zero attached hydrogens (tertiary/aromatic N) is 4. The first-order valence-electron chi connectivity index (χ1n) is 9.94. The molecule has 2 fully saturated rings. The topological polar surface area (TPSA) is 89.9 Å². The first-order chi connectivity index (χ1) is 14.9. The number of thiazole rings is 1. The van der Waals surface area contributed by atoms with Gasteiger partial charge in [-0.15, -0.1) is 0 Å². The van der Waals surface area contributed by atoms with Crippen molar-refractivity contribution in [3.8, 4) is 0 Å². The highest BCUT2D eigenvalue weighted by molar-refractivity contribution is 8.18. The van der Waals surface area contributed by atoms with E-state index in [0.29, 0.717) is 28.3 Å². The first-order valence-corrected chi connectivity index (χ1v) is 11.6. The fourth-order valence-electron chi connectivity index (χ4n) is 3.24. The van der Waals surface area contributed by atoms with Crippen LogP contribution < -0.4 is 10.6 Å². The van der Waals surface area contributed by atoms with Gasteiger partial charge in [-0.05, 0) is 50.4 Å². The molecule has 2 aliphatic rings. The number of urea groups is 1. The Morgan fingerprint density at radius 1 is 1.26 bits per heavy atom. The molecule has 0 saturated carbocycles. The van der Waals surface area contributed by atoms with Gasteiger partial charge in [-0.25, -0.2) is 14.8 Å². The van der Waals surface area contributed by atoms with E-state index in [1.54, 1.807) is 17.2 Å². The zero-order valence-electron chi connectivity index (χ0n) is 17.6. The number of anilines is 1. The number of hydrogen-bond acceptors (Lipinski definition) is 7. The maximum Gasteiger partial charge on any atom is 0.323 e. The maximum absolute atomic E-state index is 12.4. The Morgan fingerprint density at radius 3 is 2.77 bits per heavy atom. The lowest BCUT2D eigenvalue weighted by Gasteiger charge is -2.32. The molecule has 0 spiro atoms. The van der Waals surface area contributed by atoms with E-state index in [-0.39, 0.29) is 11.9 Å². The van der Waals surface area contributed by atoms with Gasteiger partial charge < -0.3 is 15.1 Å². The number of carbonyl (C=O) groups excluding carboxylic acids is 2. The van der Waals surface area contributed by atoms with Crippen molar-refractivity contribution < 1.29 is 9.59 Å². The molecule has 3 heterocycles. The van der Waals surface area contributed by atoms with Crippen molar-refractivity contribution in [3.63, 3.8) is 0 Å². The van der Waals surface area contributed by atoms with Crippen LogP contribution in [0.2, 0.25) is 0 Å². The fraction of sp³-hybridized carbons (Fsp3) is 0.333. The number of hydrogen-bond donors (Lipinski definition) is 2. The van der Waals surface area contributed by atoms with Crippen LogP contribution in [0.1, 0.15) is 16.0 Å². The van der Waals surface area contributed by atoms with Gasteiger partial charge in [0, 0.05) is 32.4 Å². The number of benzene rings is 1. The van der Waals surface area contributed by atoms with Crippen molar-refractivity contribution >= 4 is 57.1 Å². The zero-order chi connectivity index (χ0) is 22.0. The van der Waals surface area contributed by atoms with Crippen LogP contribution in [0.4, 0.5) is 15.6 Å². The number of amidine groups is 1. The molecule has 3 amide bonds. The van der Waals surface area contributed by atoms with Gasteiger partial charge in [0.05, 0.1) is 15.5 Å². The summed E-state index contributed by atoms with van der Waals surface area (Å²) in [5.41, 5.74) is 3.06. The smallest absolute Gasteiger partial charge is 0.322 e. The second-order valence-corrected chi connectivity index (χ2v) is 9.65. The van der Waals surface area contributed by atoms with E-state index in [0.717, 1.165) is 29.2 Å². The molecule has 0 bridgehead atoms. The standard InChI is InChI=1S/C21H24N6O2S2/c1-13-4-5-16(14(2)10-13)23-20-24-18(28)17(31-20)11-15-12-22-19(30-15)25-21(29)27-8-6-26(3)7-9-27/h4-5,10-12H,6-9H2,1-3H3,(H,22,25,29)(H,23,24,28). The Morgan fingerprint density at radius 2 is 2.03 bits per heavy atom. The molecule has 8 nitrogen and oxygen atoms in total. The molecule has 10 heteroatoms. The summed E-state index contributed by atoms with van der Waals surface area (Å²) >= 11 is 2.63. The van der Waals surface area contributed by atoms with E-state index < -0.39 is 0 Å². The number of aliphatic imine (C=N–C) groups is 1. The van der Waals surface area contributed by atoms with Gasteiger partial charge in [-0.2, -0.15) is 0 Å². The van der Waals surface area contributed by atoms with E-state index in [1.165, 1.54) is 28.7 Å². The third kappa shape index (κ3) is 5.33. The first kappa shape index (κ1) is 21.5. The molecule has 2 aromatic rings. The monoisotopic (exact) mass is 456 g/mol. The molecule has 2 N–H and O–H groups in total. The average molecular weight is 457 g/mol. The normalized spacial score (nSPS) is 19.8. The van der Waals surface area contributed by atoms with Crippen LogP contribution in [0, 0.1) is 13.8 Å². The Bertz CT molecular complexity index is 1070. The molecule has 0 aliphatic carbocycles. The van der Waals surface area contributed by atoms with E-state index in [1.807, 2.05) is 33.0 Å². The van der Waals surface area contributed by atoms with Crippen molar-refractivity contribution in [1.29, 1.82) is 0 Å². The Hall–Kier alpha value is -2.69. The zero-order valence-corrected chi connectivity index (χ0v) is 19.3. The van der Waals surface area contributed by atoms with Crippen molar-refractivity contribution in [3.05, 3.63) is 45.3 Å². The molecule has 4 rings (SSSR count). The SMILES string of the molecule is Cc1ccc(N=C2NC(=O)C(=Cc3cnc(NC(=O)N4CCN(C)CC4)s3)S2)c(C)c1. The molecule has 31 heavy (non-hydrogen) atoms. The molecule has 2 aliphatic heterocycles. The second-order valence-electron chi connectivity index (χ2n) is 7.56. The summed E-state index contributed by atoms with van der Waals surface area (Å²) in [4.78, 5) is 38.9. The second kappa shape index (κ2) is 9.21. The van der Waals surface area contributed by atoms with Gasteiger partial charge >= 0.3 is 6.03 Å². The van der Waals surface area contributed by atoms with E-state index in [4.69, 9.17) is 0 Å². The lowest BCUT2D eigenvalue weighted by atomic mass is 10.1. The average Bonchev–Trinajstić information content (AvgIpc) is 3.31. The number of carbonyl (C=O) groups is 2. The molecule has 0 radical (unpaired) electrons. The van der Waals surface area contributed by atoms with Crippen molar-refractivity contribution in [1.82, 2.24) is 20.1 Å². The van der Waals surface area contributed by atoms with Crippen LogP contribution in [-0.2, 0) is 4.79 Å². The van der Waals surface area contributed by atoms with Crippen LogP contribution in [0.15, 0.2) is 34.3 Å². The highest BCUT2D eigenvalue weighted by Crippen LogP contribution is 2.31. The fourth-order valence-corrected chi connectivity index (χ4v) is 4.89. The van der Waals surface area contributed by atoms with Crippen LogP contribution in [0.25, 0.3) is 6.08 Å². The van der Waals surface area contributed by atoms with E-state index in [9.17, 15) is 9.59 Å². The Labute approximate surface area is 189 Å². The number of likely N-dealkylation sites (N-methyl/N-ethyl adjacent to an activating group) is 1. The predicted octanol–water partition coefficient (Wildman–Crippen LogP) is 3.43. The van der Waals surface area contributed by atoms with Crippen LogP contribution >= 0.6 is 23.1 Å². The minimum absolute atomic E-state index is 0.141. The third-order valence-electron chi connectivity index (χ3n) is 5.03.